The van der Waals surface area contributed by atoms with E-state index in [1.807, 2.05) is 0 Å². The monoisotopic (exact) mass is 353 g/mol. The number of rotatable bonds is 6. The molecule has 1 amide bonds. The summed E-state index contributed by atoms with van der Waals surface area (Å²) >= 11 is 0. The van der Waals surface area contributed by atoms with Crippen molar-refractivity contribution >= 4 is 11.6 Å². The van der Waals surface area contributed by atoms with Gasteiger partial charge in [-0.1, -0.05) is 13.0 Å². The Morgan fingerprint density at radius 1 is 1.12 bits per heavy atom. The number of carbonyl (C=O) groups excluding carboxylic acids is 1. The quantitative estimate of drug-likeness (QED) is 0.831. The first-order valence-corrected chi connectivity index (χ1v) is 7.62. The lowest BCUT2D eigenvalue weighted by atomic mass is 10.2. The number of benzene rings is 2. The Balaban J connectivity index is 2.06. The predicted molar refractivity (Wildman–Crippen MR) is 87.8 cm³/mol. The molecule has 0 aliphatic heterocycles. The number of hydrogen-bond acceptors (Lipinski definition) is 3. The zero-order valence-electron chi connectivity index (χ0n) is 13.8. The van der Waals surface area contributed by atoms with Gasteiger partial charge in [0.1, 0.15) is 11.5 Å². The summed E-state index contributed by atoms with van der Waals surface area (Å²) in [6.45, 7) is 1.75. The van der Waals surface area contributed by atoms with Crippen LogP contribution < -0.4 is 14.8 Å². The summed E-state index contributed by atoms with van der Waals surface area (Å²) in [6, 6.07) is 11.1. The largest absolute Gasteiger partial charge is 0.497 e. The Kier molecular flexibility index (Phi) is 5.90. The molecule has 0 aromatic heterocycles. The van der Waals surface area contributed by atoms with Crippen LogP contribution in [0.3, 0.4) is 0 Å². The molecule has 2 aromatic rings. The number of amides is 1. The molecule has 4 nitrogen and oxygen atoms in total. The highest BCUT2D eigenvalue weighted by Crippen LogP contribution is 2.30. The zero-order valence-corrected chi connectivity index (χ0v) is 13.8. The standard InChI is InChI=1S/C18H18F3NO3/c1-3-16(25-15-9-7-14(24-2)8-10-15)17(23)22-13-6-4-5-12(11-13)18(19,20)21/h4-11,16H,3H2,1-2H3,(H,22,23)/t16-/m0/s1. The van der Waals surface area contributed by atoms with Gasteiger partial charge in [0.05, 0.1) is 12.7 Å². The minimum Gasteiger partial charge on any atom is -0.497 e. The molecule has 0 radical (unpaired) electrons. The van der Waals surface area contributed by atoms with Crippen LogP contribution >= 0.6 is 0 Å². The van der Waals surface area contributed by atoms with Crippen molar-refractivity contribution in [1.82, 2.24) is 0 Å². The van der Waals surface area contributed by atoms with Crippen LogP contribution in [-0.2, 0) is 11.0 Å². The average molecular weight is 353 g/mol. The van der Waals surface area contributed by atoms with Crippen LogP contribution in [-0.4, -0.2) is 19.1 Å². The van der Waals surface area contributed by atoms with E-state index in [-0.39, 0.29) is 5.69 Å². The normalized spacial score (nSPS) is 12.4. The molecule has 134 valence electrons. The molecule has 25 heavy (non-hydrogen) atoms. The molecule has 0 unspecified atom stereocenters. The molecule has 0 saturated heterocycles. The second-order valence-electron chi connectivity index (χ2n) is 5.26. The maximum Gasteiger partial charge on any atom is 0.416 e. The third-order valence-corrected chi connectivity index (χ3v) is 3.46. The van der Waals surface area contributed by atoms with E-state index in [2.05, 4.69) is 5.32 Å². The van der Waals surface area contributed by atoms with Gasteiger partial charge in [-0.05, 0) is 48.9 Å². The first-order valence-electron chi connectivity index (χ1n) is 7.62. The van der Waals surface area contributed by atoms with Gasteiger partial charge in [-0.2, -0.15) is 13.2 Å². The van der Waals surface area contributed by atoms with Gasteiger partial charge in [0.25, 0.3) is 5.91 Å². The van der Waals surface area contributed by atoms with Gasteiger partial charge in [-0.3, -0.25) is 4.79 Å². The fourth-order valence-corrected chi connectivity index (χ4v) is 2.14. The highest BCUT2D eigenvalue weighted by atomic mass is 19.4. The highest BCUT2D eigenvalue weighted by Gasteiger charge is 2.30. The number of alkyl halides is 3. The Labute approximate surface area is 143 Å². The molecule has 1 N–H and O–H groups in total. The van der Waals surface area contributed by atoms with Gasteiger partial charge in [0.2, 0.25) is 0 Å². The number of methoxy groups -OCH3 is 1. The fraction of sp³-hybridized carbons (Fsp3) is 0.278. The van der Waals surface area contributed by atoms with Crippen LogP contribution in [0.25, 0.3) is 0 Å². The van der Waals surface area contributed by atoms with E-state index in [1.165, 1.54) is 19.2 Å². The van der Waals surface area contributed by atoms with Gasteiger partial charge in [0, 0.05) is 5.69 Å². The molecule has 0 bridgehead atoms. The van der Waals surface area contributed by atoms with Crippen molar-refractivity contribution in [3.05, 3.63) is 54.1 Å². The third-order valence-electron chi connectivity index (χ3n) is 3.46. The molecular formula is C18H18F3NO3. The molecule has 0 spiro atoms. The van der Waals surface area contributed by atoms with E-state index in [4.69, 9.17) is 9.47 Å². The number of anilines is 1. The fourth-order valence-electron chi connectivity index (χ4n) is 2.14. The zero-order chi connectivity index (χ0) is 18.4. The molecule has 0 aliphatic rings. The van der Waals surface area contributed by atoms with E-state index < -0.39 is 23.8 Å². The molecule has 7 heteroatoms. The summed E-state index contributed by atoms with van der Waals surface area (Å²) in [5.74, 6) is 0.596. The number of carbonyl (C=O) groups is 1. The average Bonchev–Trinajstić information content (AvgIpc) is 2.59. The van der Waals surface area contributed by atoms with Crippen molar-refractivity contribution in [2.75, 3.05) is 12.4 Å². The highest BCUT2D eigenvalue weighted by molar-refractivity contribution is 5.94. The summed E-state index contributed by atoms with van der Waals surface area (Å²) in [6.07, 6.45) is -4.94. The second kappa shape index (κ2) is 7.92. The molecule has 2 aromatic carbocycles. The minimum atomic E-state index is -4.47. The molecular weight excluding hydrogens is 335 g/mol. The smallest absolute Gasteiger partial charge is 0.416 e. The number of halogens is 3. The van der Waals surface area contributed by atoms with Crippen LogP contribution in [0.15, 0.2) is 48.5 Å². The first-order chi connectivity index (χ1) is 11.8. The Hall–Kier alpha value is -2.70. The van der Waals surface area contributed by atoms with Crippen molar-refractivity contribution in [2.45, 2.75) is 25.6 Å². The topological polar surface area (TPSA) is 47.6 Å². The molecule has 1 atom stereocenters. The van der Waals surface area contributed by atoms with Crippen LogP contribution in [0.1, 0.15) is 18.9 Å². The van der Waals surface area contributed by atoms with Crippen molar-refractivity contribution in [3.63, 3.8) is 0 Å². The van der Waals surface area contributed by atoms with Gasteiger partial charge >= 0.3 is 6.18 Å². The maximum absolute atomic E-state index is 12.7. The predicted octanol–water partition coefficient (Wildman–Crippen LogP) is 4.51. The van der Waals surface area contributed by atoms with Crippen molar-refractivity contribution in [2.24, 2.45) is 0 Å². The van der Waals surface area contributed by atoms with E-state index in [9.17, 15) is 18.0 Å². The van der Waals surface area contributed by atoms with Crippen molar-refractivity contribution in [3.8, 4) is 11.5 Å². The number of nitrogens with one attached hydrogen (secondary N) is 1. The summed E-state index contributed by atoms with van der Waals surface area (Å²) in [4.78, 5) is 12.3. The summed E-state index contributed by atoms with van der Waals surface area (Å²) in [7, 11) is 1.53. The number of ether oxygens (including phenoxy) is 2. The summed E-state index contributed by atoms with van der Waals surface area (Å²) in [5.41, 5.74) is -0.758. The molecule has 0 saturated carbocycles. The van der Waals surface area contributed by atoms with E-state index in [0.717, 1.165) is 12.1 Å². The SMILES string of the molecule is CC[C@H](Oc1ccc(OC)cc1)C(=O)Nc1cccc(C(F)(F)F)c1. The maximum atomic E-state index is 12.7. The van der Waals surface area contributed by atoms with Crippen molar-refractivity contribution < 1.29 is 27.4 Å². The lowest BCUT2D eigenvalue weighted by Gasteiger charge is -2.18. The van der Waals surface area contributed by atoms with Crippen LogP contribution in [0.5, 0.6) is 11.5 Å². The lowest BCUT2D eigenvalue weighted by molar-refractivity contribution is -0.137. The Morgan fingerprint density at radius 2 is 1.76 bits per heavy atom. The van der Waals surface area contributed by atoms with Crippen LogP contribution in [0.4, 0.5) is 18.9 Å². The van der Waals surface area contributed by atoms with E-state index in [1.54, 1.807) is 31.2 Å². The first kappa shape index (κ1) is 18.6. The van der Waals surface area contributed by atoms with Gasteiger partial charge in [0.15, 0.2) is 6.10 Å². The number of hydrogen-bond donors (Lipinski definition) is 1. The minimum absolute atomic E-state index is 0.0663. The Bertz CT molecular complexity index is 714. The van der Waals surface area contributed by atoms with Crippen LogP contribution in [0, 0.1) is 0 Å². The van der Waals surface area contributed by atoms with Gasteiger partial charge in [-0.15, -0.1) is 0 Å². The van der Waals surface area contributed by atoms with E-state index in [0.29, 0.717) is 17.9 Å². The lowest BCUT2D eigenvalue weighted by Crippen LogP contribution is -2.32. The van der Waals surface area contributed by atoms with Crippen LogP contribution in [0.2, 0.25) is 0 Å². The van der Waals surface area contributed by atoms with Gasteiger partial charge < -0.3 is 14.8 Å². The van der Waals surface area contributed by atoms with Gasteiger partial charge in [-0.25, -0.2) is 0 Å². The third kappa shape index (κ3) is 5.14. The van der Waals surface area contributed by atoms with Crippen molar-refractivity contribution in [1.29, 1.82) is 0 Å². The second-order valence-corrected chi connectivity index (χ2v) is 5.26. The molecule has 2 rings (SSSR count). The molecule has 0 heterocycles. The molecule has 0 fully saturated rings. The summed E-state index contributed by atoms with van der Waals surface area (Å²) < 4.78 is 48.8. The molecule has 0 aliphatic carbocycles. The van der Waals surface area contributed by atoms with E-state index >= 15 is 0 Å². The summed E-state index contributed by atoms with van der Waals surface area (Å²) in [5, 5.41) is 2.46. The Morgan fingerprint density at radius 3 is 2.32 bits per heavy atom.